The summed E-state index contributed by atoms with van der Waals surface area (Å²) in [5, 5.41) is 9.46. The number of aromatic amines is 1. The van der Waals surface area contributed by atoms with E-state index >= 15 is 0 Å². The summed E-state index contributed by atoms with van der Waals surface area (Å²) in [6, 6.07) is 7.85. The lowest BCUT2D eigenvalue weighted by atomic mass is 10.2. The maximum absolute atomic E-state index is 11.6. The number of benzene rings is 1. The van der Waals surface area contributed by atoms with Crippen LogP contribution in [-0.2, 0) is 6.42 Å². The second-order valence-electron chi connectivity index (χ2n) is 5.17. The molecule has 1 aromatic heterocycles. The Balaban J connectivity index is 1.75. The Bertz CT molecular complexity index is 728. The lowest BCUT2D eigenvalue weighted by Crippen LogP contribution is -2.10. The summed E-state index contributed by atoms with van der Waals surface area (Å²) < 4.78 is 5.57. The first-order chi connectivity index (χ1) is 11.6. The van der Waals surface area contributed by atoms with Crippen molar-refractivity contribution in [2.24, 2.45) is 0 Å². The Morgan fingerprint density at radius 3 is 2.75 bits per heavy atom. The second-order valence-corrected chi connectivity index (χ2v) is 6.26. The predicted molar refractivity (Wildman–Crippen MR) is 93.1 cm³/mol. The van der Waals surface area contributed by atoms with Gasteiger partial charge in [0, 0.05) is 17.5 Å². The molecule has 6 nitrogen and oxygen atoms in total. The zero-order valence-electron chi connectivity index (χ0n) is 13.4. The predicted octanol–water partition coefficient (Wildman–Crippen LogP) is 2.98. The largest absolute Gasteiger partial charge is 0.494 e. The lowest BCUT2D eigenvalue weighted by Gasteiger charge is -2.06. The summed E-state index contributed by atoms with van der Waals surface area (Å²) in [7, 11) is 0. The number of aromatic carboxylic acids is 1. The molecule has 0 aliphatic heterocycles. The first-order valence-corrected chi connectivity index (χ1v) is 8.76. The van der Waals surface area contributed by atoms with Crippen molar-refractivity contribution in [3.63, 3.8) is 0 Å². The summed E-state index contributed by atoms with van der Waals surface area (Å²) in [6.07, 6.45) is 2.54. The summed E-state index contributed by atoms with van der Waals surface area (Å²) in [4.78, 5) is 29.5. The molecule has 0 atom stereocenters. The molecule has 24 heavy (non-hydrogen) atoms. The highest BCUT2D eigenvalue weighted by Crippen LogP contribution is 2.15. The van der Waals surface area contributed by atoms with E-state index in [0.29, 0.717) is 17.5 Å². The summed E-state index contributed by atoms with van der Waals surface area (Å²) in [5.41, 5.74) is 0.934. The number of ether oxygens (including phenoxy) is 1. The molecule has 7 heteroatoms. The Labute approximate surface area is 144 Å². The smallest absolute Gasteiger partial charge is 0.335 e. The molecule has 2 rings (SSSR count). The van der Waals surface area contributed by atoms with E-state index in [1.165, 1.54) is 30.0 Å². The Hall–Kier alpha value is -2.28. The SMILES string of the molecule is CCCc1cc(=O)[nH]c(SCCCOc2ccc(C(=O)O)cc2)n1. The van der Waals surface area contributed by atoms with Crippen LogP contribution < -0.4 is 10.3 Å². The number of rotatable bonds is 9. The first kappa shape index (κ1) is 18.1. The normalized spacial score (nSPS) is 10.5. The van der Waals surface area contributed by atoms with E-state index in [-0.39, 0.29) is 11.1 Å². The molecule has 1 aromatic carbocycles. The van der Waals surface area contributed by atoms with Crippen molar-refractivity contribution in [1.29, 1.82) is 0 Å². The minimum absolute atomic E-state index is 0.120. The highest BCUT2D eigenvalue weighted by atomic mass is 32.2. The van der Waals surface area contributed by atoms with Gasteiger partial charge in [0.05, 0.1) is 12.2 Å². The number of aryl methyl sites for hydroxylation is 1. The molecule has 0 bridgehead atoms. The van der Waals surface area contributed by atoms with Gasteiger partial charge in [0.2, 0.25) is 0 Å². The molecule has 128 valence electrons. The zero-order valence-corrected chi connectivity index (χ0v) is 14.3. The molecular weight excluding hydrogens is 328 g/mol. The fourth-order valence-electron chi connectivity index (χ4n) is 2.05. The van der Waals surface area contributed by atoms with E-state index in [9.17, 15) is 9.59 Å². The van der Waals surface area contributed by atoms with Gasteiger partial charge < -0.3 is 14.8 Å². The molecule has 2 aromatic rings. The van der Waals surface area contributed by atoms with Gasteiger partial charge >= 0.3 is 5.97 Å². The lowest BCUT2D eigenvalue weighted by molar-refractivity contribution is 0.0697. The van der Waals surface area contributed by atoms with Crippen LogP contribution in [0.15, 0.2) is 40.3 Å². The minimum atomic E-state index is -0.954. The molecule has 0 saturated heterocycles. The van der Waals surface area contributed by atoms with Crippen LogP contribution in [0.1, 0.15) is 35.8 Å². The molecular formula is C17H20N2O4S. The summed E-state index contributed by atoms with van der Waals surface area (Å²) >= 11 is 1.49. The molecule has 2 N–H and O–H groups in total. The Morgan fingerprint density at radius 2 is 2.08 bits per heavy atom. The van der Waals surface area contributed by atoms with Gasteiger partial charge in [0.25, 0.3) is 5.56 Å². The van der Waals surface area contributed by atoms with E-state index in [2.05, 4.69) is 16.9 Å². The van der Waals surface area contributed by atoms with E-state index in [1.54, 1.807) is 12.1 Å². The number of nitrogens with one attached hydrogen (secondary N) is 1. The average molecular weight is 348 g/mol. The van der Waals surface area contributed by atoms with Crippen LogP contribution in [0.4, 0.5) is 0 Å². The number of carboxylic acid groups (broad SMARTS) is 1. The van der Waals surface area contributed by atoms with Gasteiger partial charge in [-0.25, -0.2) is 9.78 Å². The third kappa shape index (κ3) is 5.73. The summed E-state index contributed by atoms with van der Waals surface area (Å²) in [6.45, 7) is 2.56. The molecule has 0 radical (unpaired) electrons. The quantitative estimate of drug-likeness (QED) is 0.411. The van der Waals surface area contributed by atoms with Crippen LogP contribution in [0.2, 0.25) is 0 Å². The maximum atomic E-state index is 11.6. The average Bonchev–Trinajstić information content (AvgIpc) is 2.55. The number of nitrogens with zero attached hydrogens (tertiary/aromatic N) is 1. The van der Waals surface area contributed by atoms with Gasteiger partial charge in [-0.2, -0.15) is 0 Å². The molecule has 0 fully saturated rings. The molecule has 0 saturated carbocycles. The van der Waals surface area contributed by atoms with Gasteiger partial charge in [0.15, 0.2) is 5.16 Å². The van der Waals surface area contributed by atoms with E-state index in [1.807, 2.05) is 0 Å². The van der Waals surface area contributed by atoms with Crippen molar-refractivity contribution >= 4 is 17.7 Å². The van der Waals surface area contributed by atoms with Crippen LogP contribution in [0.3, 0.4) is 0 Å². The number of hydrogen-bond donors (Lipinski definition) is 2. The number of aromatic nitrogens is 2. The van der Waals surface area contributed by atoms with Gasteiger partial charge in [0.1, 0.15) is 5.75 Å². The van der Waals surface area contributed by atoms with Crippen molar-refractivity contribution in [3.05, 3.63) is 51.9 Å². The van der Waals surface area contributed by atoms with Gasteiger partial charge in [-0.05, 0) is 37.1 Å². The zero-order chi connectivity index (χ0) is 17.4. The maximum Gasteiger partial charge on any atom is 0.335 e. The highest BCUT2D eigenvalue weighted by molar-refractivity contribution is 7.99. The Morgan fingerprint density at radius 1 is 1.33 bits per heavy atom. The van der Waals surface area contributed by atoms with Crippen molar-refractivity contribution in [2.75, 3.05) is 12.4 Å². The fourth-order valence-corrected chi connectivity index (χ4v) is 2.86. The molecule has 0 spiro atoms. The van der Waals surface area contributed by atoms with Crippen LogP contribution in [-0.4, -0.2) is 33.4 Å². The van der Waals surface area contributed by atoms with Crippen LogP contribution in [0.25, 0.3) is 0 Å². The summed E-state index contributed by atoms with van der Waals surface area (Å²) in [5.74, 6) is 0.456. The molecule has 0 unspecified atom stereocenters. The van der Waals surface area contributed by atoms with Crippen LogP contribution >= 0.6 is 11.8 Å². The van der Waals surface area contributed by atoms with Gasteiger partial charge in [-0.3, -0.25) is 4.79 Å². The number of carboxylic acids is 1. The number of thioether (sulfide) groups is 1. The first-order valence-electron chi connectivity index (χ1n) is 7.77. The molecule has 1 heterocycles. The number of H-pyrrole nitrogens is 1. The van der Waals surface area contributed by atoms with Gasteiger partial charge in [-0.15, -0.1) is 0 Å². The Kier molecular flexibility index (Phi) is 6.87. The minimum Gasteiger partial charge on any atom is -0.494 e. The molecule has 0 aliphatic carbocycles. The van der Waals surface area contributed by atoms with Gasteiger partial charge in [-0.1, -0.05) is 25.1 Å². The second kappa shape index (κ2) is 9.12. The van der Waals surface area contributed by atoms with Crippen molar-refractivity contribution < 1.29 is 14.6 Å². The number of hydrogen-bond acceptors (Lipinski definition) is 5. The van der Waals surface area contributed by atoms with E-state index in [0.717, 1.165) is 30.7 Å². The van der Waals surface area contributed by atoms with Crippen LogP contribution in [0.5, 0.6) is 5.75 Å². The highest BCUT2D eigenvalue weighted by Gasteiger charge is 2.03. The third-order valence-electron chi connectivity index (χ3n) is 3.18. The van der Waals surface area contributed by atoms with Crippen molar-refractivity contribution in [3.8, 4) is 5.75 Å². The molecule has 0 amide bonds. The van der Waals surface area contributed by atoms with Crippen LogP contribution in [0, 0.1) is 0 Å². The van der Waals surface area contributed by atoms with Crippen molar-refractivity contribution in [1.82, 2.24) is 9.97 Å². The molecule has 0 aliphatic rings. The topological polar surface area (TPSA) is 92.3 Å². The van der Waals surface area contributed by atoms with E-state index in [4.69, 9.17) is 9.84 Å². The van der Waals surface area contributed by atoms with E-state index < -0.39 is 5.97 Å². The van der Waals surface area contributed by atoms with Crippen molar-refractivity contribution in [2.45, 2.75) is 31.3 Å². The fraction of sp³-hybridized carbons (Fsp3) is 0.353. The standard InChI is InChI=1S/C17H20N2O4S/c1-2-4-13-11-15(20)19-17(18-13)24-10-3-9-23-14-7-5-12(6-8-14)16(21)22/h5-8,11H,2-4,9-10H2,1H3,(H,21,22)(H,18,19,20). The monoisotopic (exact) mass is 348 g/mol. The third-order valence-corrected chi connectivity index (χ3v) is 4.14. The number of carbonyl (C=O) groups is 1.